The summed E-state index contributed by atoms with van der Waals surface area (Å²) in [6.07, 6.45) is 5.96. The summed E-state index contributed by atoms with van der Waals surface area (Å²) in [6.45, 7) is 8.73. The number of alkyl halides is 1. The maximum atomic E-state index is 14.8. The van der Waals surface area contributed by atoms with Crippen molar-refractivity contribution in [3.8, 4) is 11.9 Å². The predicted octanol–water partition coefficient (Wildman–Crippen LogP) is 3.99. The van der Waals surface area contributed by atoms with Crippen LogP contribution in [0.5, 0.6) is 0 Å². The van der Waals surface area contributed by atoms with Gasteiger partial charge in [-0.25, -0.2) is 19.3 Å². The van der Waals surface area contributed by atoms with Crippen LogP contribution in [0.2, 0.25) is 0 Å². The minimum atomic E-state index is -1.53. The van der Waals surface area contributed by atoms with Gasteiger partial charge in [-0.1, -0.05) is 20.8 Å². The first-order valence-electron chi connectivity index (χ1n) is 12.1. The summed E-state index contributed by atoms with van der Waals surface area (Å²) in [7, 11) is 0. The molecule has 2 atom stereocenters. The molecule has 1 saturated heterocycles. The lowest BCUT2D eigenvalue weighted by Gasteiger charge is -2.42. The van der Waals surface area contributed by atoms with Gasteiger partial charge in [0, 0.05) is 43.5 Å². The molecule has 4 heterocycles. The highest BCUT2D eigenvalue weighted by atomic mass is 19.1. The summed E-state index contributed by atoms with van der Waals surface area (Å²) in [4.78, 5) is 30.4. The van der Waals surface area contributed by atoms with Gasteiger partial charge in [0.15, 0.2) is 11.8 Å². The molecule has 0 aromatic carbocycles. The molecular formula is C26H30FN7O. The smallest absolute Gasteiger partial charge is 0.257 e. The van der Waals surface area contributed by atoms with Crippen molar-refractivity contribution in [2.75, 3.05) is 24.5 Å². The normalized spacial score (nSPS) is 19.6. The minimum absolute atomic E-state index is 0.0339. The van der Waals surface area contributed by atoms with E-state index in [0.29, 0.717) is 36.9 Å². The molecule has 3 aromatic heterocycles. The van der Waals surface area contributed by atoms with E-state index < -0.39 is 17.5 Å². The van der Waals surface area contributed by atoms with E-state index in [0.717, 1.165) is 29.7 Å². The third kappa shape index (κ3) is 4.22. The van der Waals surface area contributed by atoms with Gasteiger partial charge in [-0.2, -0.15) is 5.26 Å². The monoisotopic (exact) mass is 475 g/mol. The number of anilines is 1. The fourth-order valence-corrected chi connectivity index (χ4v) is 4.79. The van der Waals surface area contributed by atoms with E-state index in [2.05, 4.69) is 32.1 Å². The van der Waals surface area contributed by atoms with Gasteiger partial charge >= 0.3 is 0 Å². The lowest BCUT2D eigenvalue weighted by Crippen LogP contribution is -2.56. The first-order chi connectivity index (χ1) is 16.7. The van der Waals surface area contributed by atoms with Gasteiger partial charge in [0.05, 0.1) is 17.0 Å². The molecule has 8 nitrogen and oxygen atoms in total. The Morgan fingerprint density at radius 3 is 2.66 bits per heavy atom. The number of carbonyl (C=O) groups is 1. The summed E-state index contributed by atoms with van der Waals surface area (Å²) >= 11 is 0. The quantitative estimate of drug-likeness (QED) is 0.567. The van der Waals surface area contributed by atoms with E-state index in [1.54, 1.807) is 50.3 Å². The van der Waals surface area contributed by atoms with Crippen LogP contribution < -0.4 is 4.90 Å². The zero-order chi connectivity index (χ0) is 24.9. The second-order valence-corrected chi connectivity index (χ2v) is 10.7. The van der Waals surface area contributed by atoms with Crippen molar-refractivity contribution >= 4 is 22.8 Å². The van der Waals surface area contributed by atoms with Gasteiger partial charge in [0.25, 0.3) is 5.91 Å². The second kappa shape index (κ2) is 8.59. The van der Waals surface area contributed by atoms with Crippen LogP contribution >= 0.6 is 0 Å². The number of fused-ring (bicyclic) bond motifs is 1. The Kier molecular flexibility index (Phi) is 5.70. The number of rotatable bonds is 4. The highest BCUT2D eigenvalue weighted by Crippen LogP contribution is 2.46. The van der Waals surface area contributed by atoms with Gasteiger partial charge in [0.2, 0.25) is 0 Å². The summed E-state index contributed by atoms with van der Waals surface area (Å²) in [6, 6.07) is 5.58. The maximum absolute atomic E-state index is 14.8. The van der Waals surface area contributed by atoms with Crippen LogP contribution in [0.3, 0.4) is 0 Å². The van der Waals surface area contributed by atoms with Crippen LogP contribution in [-0.4, -0.2) is 62.2 Å². The lowest BCUT2D eigenvalue weighted by atomic mass is 9.89. The number of nitriles is 1. The van der Waals surface area contributed by atoms with Gasteiger partial charge in [-0.3, -0.25) is 9.36 Å². The number of hydrogen-bond donors (Lipinski definition) is 0. The molecule has 0 N–H and O–H groups in total. The Labute approximate surface area is 204 Å². The molecule has 1 aliphatic heterocycles. The van der Waals surface area contributed by atoms with Crippen molar-refractivity contribution < 1.29 is 9.18 Å². The molecule has 9 heteroatoms. The van der Waals surface area contributed by atoms with E-state index in [1.807, 2.05) is 11.5 Å². The molecule has 5 rings (SSSR count). The standard InChI is InChI=1S/C26H30FN7O/c1-16-13-32(25(35)22(27)26(2,3)4)9-10-33(16)23-21-19(18-5-6-18)14-34(24(21)31-15-30-23)20-11-17(12-28)7-8-29-20/h7-8,11,14-16,18,22H,5-6,9-10,13H2,1-4H3/t16-,22-/m0/s1. The molecule has 2 fully saturated rings. The van der Waals surface area contributed by atoms with E-state index in [-0.39, 0.29) is 6.04 Å². The molecule has 0 radical (unpaired) electrons. The zero-order valence-electron chi connectivity index (χ0n) is 20.6. The number of piperazine rings is 1. The molecule has 1 saturated carbocycles. The number of halogens is 1. The fourth-order valence-electron chi connectivity index (χ4n) is 4.79. The van der Waals surface area contributed by atoms with Gasteiger partial charge in [-0.15, -0.1) is 0 Å². The molecule has 0 spiro atoms. The van der Waals surface area contributed by atoms with E-state index in [1.165, 1.54) is 5.56 Å². The van der Waals surface area contributed by atoms with Crippen LogP contribution in [0.15, 0.2) is 30.9 Å². The zero-order valence-corrected chi connectivity index (χ0v) is 20.6. The Morgan fingerprint density at radius 2 is 2.00 bits per heavy atom. The van der Waals surface area contributed by atoms with Crippen LogP contribution in [0, 0.1) is 16.7 Å². The molecule has 0 bridgehead atoms. The SMILES string of the molecule is C[C@H]1CN(C(=O)[C@H](F)C(C)(C)C)CCN1c1ncnc2c1c(C1CC1)cn2-c1cc(C#N)ccn1. The lowest BCUT2D eigenvalue weighted by molar-refractivity contribution is -0.141. The number of aromatic nitrogens is 4. The van der Waals surface area contributed by atoms with Gasteiger partial charge in [0.1, 0.15) is 18.0 Å². The number of nitrogens with zero attached hydrogens (tertiary/aromatic N) is 7. The Morgan fingerprint density at radius 1 is 1.23 bits per heavy atom. The van der Waals surface area contributed by atoms with Gasteiger partial charge in [-0.05, 0) is 43.4 Å². The molecule has 3 aromatic rings. The van der Waals surface area contributed by atoms with Crippen molar-refractivity contribution in [3.05, 3.63) is 42.0 Å². The predicted molar refractivity (Wildman–Crippen MR) is 131 cm³/mol. The molecular weight excluding hydrogens is 445 g/mol. The van der Waals surface area contributed by atoms with Crippen molar-refractivity contribution in [1.82, 2.24) is 24.4 Å². The van der Waals surface area contributed by atoms with E-state index in [9.17, 15) is 14.4 Å². The molecule has 1 aliphatic carbocycles. The minimum Gasteiger partial charge on any atom is -0.350 e. The molecule has 35 heavy (non-hydrogen) atoms. The molecule has 1 amide bonds. The number of pyridine rings is 1. The highest BCUT2D eigenvalue weighted by Gasteiger charge is 2.38. The first kappa shape index (κ1) is 23.2. The Hall–Kier alpha value is -3.54. The van der Waals surface area contributed by atoms with Crippen LogP contribution in [-0.2, 0) is 4.79 Å². The maximum Gasteiger partial charge on any atom is 0.257 e. The number of amides is 1. The van der Waals surface area contributed by atoms with E-state index in [4.69, 9.17) is 0 Å². The summed E-state index contributed by atoms with van der Waals surface area (Å²) in [5.74, 6) is 1.48. The summed E-state index contributed by atoms with van der Waals surface area (Å²) in [5.41, 5.74) is 1.74. The number of carbonyl (C=O) groups excluding carboxylic acids is 1. The average molecular weight is 476 g/mol. The molecule has 2 aliphatic rings. The van der Waals surface area contributed by atoms with Crippen LogP contribution in [0.1, 0.15) is 57.6 Å². The molecule has 182 valence electrons. The van der Waals surface area contributed by atoms with E-state index >= 15 is 0 Å². The molecule has 0 unspecified atom stereocenters. The topological polar surface area (TPSA) is 90.9 Å². The van der Waals surface area contributed by atoms with Crippen LogP contribution in [0.25, 0.3) is 16.9 Å². The third-order valence-corrected chi connectivity index (χ3v) is 6.92. The van der Waals surface area contributed by atoms with Crippen molar-refractivity contribution in [2.24, 2.45) is 5.41 Å². The van der Waals surface area contributed by atoms with Crippen molar-refractivity contribution in [3.63, 3.8) is 0 Å². The third-order valence-electron chi connectivity index (χ3n) is 6.92. The Bertz CT molecular complexity index is 1320. The van der Waals surface area contributed by atoms with Crippen molar-refractivity contribution in [1.29, 1.82) is 5.26 Å². The summed E-state index contributed by atoms with van der Waals surface area (Å²) < 4.78 is 16.7. The fraction of sp³-hybridized carbons (Fsp3) is 0.500. The van der Waals surface area contributed by atoms with Crippen molar-refractivity contribution in [2.45, 2.75) is 58.7 Å². The van der Waals surface area contributed by atoms with Crippen LogP contribution in [0.4, 0.5) is 10.2 Å². The second-order valence-electron chi connectivity index (χ2n) is 10.7. The summed E-state index contributed by atoms with van der Waals surface area (Å²) in [5, 5.41) is 10.3. The highest BCUT2D eigenvalue weighted by molar-refractivity contribution is 5.93. The average Bonchev–Trinajstić information content (AvgIpc) is 3.62. The number of hydrogen-bond acceptors (Lipinski definition) is 6. The Balaban J connectivity index is 1.51. The first-order valence-corrected chi connectivity index (χ1v) is 12.1. The largest absolute Gasteiger partial charge is 0.350 e. The van der Waals surface area contributed by atoms with Gasteiger partial charge < -0.3 is 9.80 Å².